The van der Waals surface area contributed by atoms with Gasteiger partial charge in [-0.1, -0.05) is 13.8 Å². The van der Waals surface area contributed by atoms with Gasteiger partial charge in [-0.2, -0.15) is 0 Å². The predicted molar refractivity (Wildman–Crippen MR) is 88.4 cm³/mol. The summed E-state index contributed by atoms with van der Waals surface area (Å²) in [4.78, 5) is 26.0. The monoisotopic (exact) mass is 318 g/mol. The molecule has 0 radical (unpaired) electrons. The first-order chi connectivity index (χ1) is 11.0. The predicted octanol–water partition coefficient (Wildman–Crippen LogP) is 1.55. The van der Waals surface area contributed by atoms with Crippen LogP contribution in [0.15, 0.2) is 0 Å². The van der Waals surface area contributed by atoms with Crippen molar-refractivity contribution in [2.24, 2.45) is 5.92 Å². The Kier molecular flexibility index (Phi) is 4.80. The van der Waals surface area contributed by atoms with Gasteiger partial charge in [-0.05, 0) is 12.8 Å². The molecular formula is C17H26N4O2. The lowest BCUT2D eigenvalue weighted by Gasteiger charge is -2.34. The lowest BCUT2D eigenvalue weighted by Crippen LogP contribution is -2.41. The lowest BCUT2D eigenvalue weighted by molar-refractivity contribution is -0.132. The fraction of sp³-hybridized carbons (Fsp3) is 0.706. The van der Waals surface area contributed by atoms with Crippen molar-refractivity contribution in [3.8, 4) is 0 Å². The van der Waals surface area contributed by atoms with E-state index in [0.717, 1.165) is 62.2 Å². The Hall–Kier alpha value is -1.69. The average Bonchev–Trinajstić information content (AvgIpc) is 2.53. The molecule has 0 N–H and O–H groups in total. The van der Waals surface area contributed by atoms with Crippen LogP contribution in [0.4, 0.5) is 5.82 Å². The number of aromatic nitrogens is 2. The molecule has 126 valence electrons. The molecule has 2 aliphatic rings. The van der Waals surface area contributed by atoms with Crippen LogP contribution in [0.5, 0.6) is 0 Å². The first-order valence-corrected chi connectivity index (χ1v) is 8.51. The number of fused-ring (bicyclic) bond motifs is 1. The Balaban J connectivity index is 1.86. The Labute approximate surface area is 137 Å². The smallest absolute Gasteiger partial charge is 0.223 e. The highest BCUT2D eigenvalue weighted by molar-refractivity contribution is 5.77. The van der Waals surface area contributed by atoms with E-state index in [1.54, 1.807) is 0 Å². The second kappa shape index (κ2) is 6.83. The highest BCUT2D eigenvalue weighted by atomic mass is 16.5. The van der Waals surface area contributed by atoms with Crippen molar-refractivity contribution < 1.29 is 9.53 Å². The van der Waals surface area contributed by atoms with Crippen molar-refractivity contribution in [2.75, 3.05) is 37.7 Å². The zero-order valence-electron chi connectivity index (χ0n) is 14.3. The van der Waals surface area contributed by atoms with E-state index in [2.05, 4.69) is 28.7 Å². The van der Waals surface area contributed by atoms with E-state index < -0.39 is 0 Å². The summed E-state index contributed by atoms with van der Waals surface area (Å²) in [5.41, 5.74) is 2.23. The van der Waals surface area contributed by atoms with E-state index in [-0.39, 0.29) is 5.91 Å². The summed E-state index contributed by atoms with van der Waals surface area (Å²) in [6, 6.07) is 0. The quantitative estimate of drug-likeness (QED) is 0.846. The summed E-state index contributed by atoms with van der Waals surface area (Å²) >= 11 is 0. The fourth-order valence-electron chi connectivity index (χ4n) is 3.25. The zero-order chi connectivity index (χ0) is 16.4. The molecule has 0 atom stereocenters. The first kappa shape index (κ1) is 16.2. The normalized spacial score (nSPS) is 18.3. The van der Waals surface area contributed by atoms with E-state index in [0.29, 0.717) is 18.9 Å². The van der Waals surface area contributed by atoms with Crippen molar-refractivity contribution in [1.29, 1.82) is 0 Å². The number of rotatable bonds is 3. The number of nitrogens with zero attached hydrogens (tertiary/aromatic N) is 4. The molecule has 0 aromatic carbocycles. The van der Waals surface area contributed by atoms with Gasteiger partial charge in [0.2, 0.25) is 5.91 Å². The van der Waals surface area contributed by atoms with E-state index >= 15 is 0 Å². The Morgan fingerprint density at radius 2 is 1.96 bits per heavy atom. The van der Waals surface area contributed by atoms with Gasteiger partial charge in [0.05, 0.1) is 25.5 Å². The van der Waals surface area contributed by atoms with Crippen LogP contribution < -0.4 is 4.90 Å². The second-order valence-electron chi connectivity index (χ2n) is 6.78. The van der Waals surface area contributed by atoms with Gasteiger partial charge in [0.15, 0.2) is 0 Å². The Bertz CT molecular complexity index is 582. The molecule has 1 aromatic heterocycles. The molecule has 2 aliphatic heterocycles. The van der Waals surface area contributed by atoms with Crippen molar-refractivity contribution in [3.63, 3.8) is 0 Å². The Morgan fingerprint density at radius 1 is 1.22 bits per heavy atom. The third kappa shape index (κ3) is 3.63. The van der Waals surface area contributed by atoms with Gasteiger partial charge in [0.1, 0.15) is 11.6 Å². The number of carbonyl (C=O) groups is 1. The van der Waals surface area contributed by atoms with Gasteiger partial charge in [0, 0.05) is 38.0 Å². The van der Waals surface area contributed by atoms with E-state index in [4.69, 9.17) is 4.74 Å². The molecule has 1 amide bonds. The van der Waals surface area contributed by atoms with Gasteiger partial charge in [-0.15, -0.1) is 0 Å². The van der Waals surface area contributed by atoms with Gasteiger partial charge in [-0.25, -0.2) is 9.97 Å². The number of hydrogen-bond acceptors (Lipinski definition) is 5. The fourth-order valence-corrected chi connectivity index (χ4v) is 3.25. The molecule has 6 heteroatoms. The van der Waals surface area contributed by atoms with Crippen molar-refractivity contribution in [2.45, 2.75) is 40.2 Å². The highest BCUT2D eigenvalue weighted by Gasteiger charge is 2.27. The molecule has 0 bridgehead atoms. The lowest BCUT2D eigenvalue weighted by atomic mass is 10.0. The summed E-state index contributed by atoms with van der Waals surface area (Å²) in [6.45, 7) is 10.7. The number of amides is 1. The zero-order valence-corrected chi connectivity index (χ0v) is 14.3. The highest BCUT2D eigenvalue weighted by Crippen LogP contribution is 2.28. The van der Waals surface area contributed by atoms with Crippen LogP contribution in [0, 0.1) is 12.8 Å². The maximum Gasteiger partial charge on any atom is 0.223 e. The van der Waals surface area contributed by atoms with Crippen LogP contribution in [-0.2, 0) is 22.5 Å². The molecule has 6 nitrogen and oxygen atoms in total. The van der Waals surface area contributed by atoms with Crippen molar-refractivity contribution in [3.05, 3.63) is 17.1 Å². The maximum atomic E-state index is 12.4. The average molecular weight is 318 g/mol. The molecule has 1 aromatic rings. The summed E-state index contributed by atoms with van der Waals surface area (Å²) < 4.78 is 5.45. The van der Waals surface area contributed by atoms with Crippen LogP contribution in [0.2, 0.25) is 0 Å². The SMILES string of the molecule is Cc1nc2c(c(N3CCOCC3)n1)CN(C(=O)CC(C)C)CC2. The van der Waals surface area contributed by atoms with Gasteiger partial charge < -0.3 is 14.5 Å². The Morgan fingerprint density at radius 3 is 2.65 bits per heavy atom. The molecule has 0 aliphatic carbocycles. The van der Waals surface area contributed by atoms with Gasteiger partial charge in [0.25, 0.3) is 0 Å². The largest absolute Gasteiger partial charge is 0.378 e. The molecular weight excluding hydrogens is 292 g/mol. The number of morpholine rings is 1. The topological polar surface area (TPSA) is 58.6 Å². The summed E-state index contributed by atoms with van der Waals surface area (Å²) in [7, 11) is 0. The second-order valence-corrected chi connectivity index (χ2v) is 6.78. The molecule has 0 unspecified atom stereocenters. The number of ether oxygens (including phenoxy) is 1. The summed E-state index contributed by atoms with van der Waals surface area (Å²) in [5.74, 6) is 2.43. The molecule has 1 fully saturated rings. The summed E-state index contributed by atoms with van der Waals surface area (Å²) in [6.07, 6.45) is 1.43. The van der Waals surface area contributed by atoms with E-state index in [1.165, 1.54) is 0 Å². The van der Waals surface area contributed by atoms with Crippen LogP contribution in [0.3, 0.4) is 0 Å². The molecule has 0 spiro atoms. The standard InChI is InChI=1S/C17H26N4O2/c1-12(2)10-16(22)21-5-4-15-14(11-21)17(19-13(3)18-15)20-6-8-23-9-7-20/h12H,4-11H2,1-3H3. The summed E-state index contributed by atoms with van der Waals surface area (Å²) in [5, 5.41) is 0. The molecule has 0 saturated carbocycles. The minimum absolute atomic E-state index is 0.235. The van der Waals surface area contributed by atoms with Gasteiger partial charge in [-0.3, -0.25) is 4.79 Å². The third-order valence-electron chi connectivity index (χ3n) is 4.40. The van der Waals surface area contributed by atoms with Crippen LogP contribution in [0.25, 0.3) is 0 Å². The minimum atomic E-state index is 0.235. The molecule has 1 saturated heterocycles. The van der Waals surface area contributed by atoms with Crippen LogP contribution in [-0.4, -0.2) is 53.6 Å². The maximum absolute atomic E-state index is 12.4. The molecule has 3 heterocycles. The van der Waals surface area contributed by atoms with Crippen LogP contribution in [0.1, 0.15) is 37.4 Å². The van der Waals surface area contributed by atoms with Crippen LogP contribution >= 0.6 is 0 Å². The first-order valence-electron chi connectivity index (χ1n) is 8.51. The number of aryl methyl sites for hydroxylation is 1. The number of carbonyl (C=O) groups excluding carboxylic acids is 1. The number of hydrogen-bond donors (Lipinski definition) is 0. The minimum Gasteiger partial charge on any atom is -0.378 e. The van der Waals surface area contributed by atoms with Crippen molar-refractivity contribution in [1.82, 2.24) is 14.9 Å². The number of anilines is 1. The third-order valence-corrected chi connectivity index (χ3v) is 4.40. The molecule has 3 rings (SSSR count). The van der Waals surface area contributed by atoms with Gasteiger partial charge >= 0.3 is 0 Å². The molecule has 23 heavy (non-hydrogen) atoms. The van der Waals surface area contributed by atoms with E-state index in [1.807, 2.05) is 11.8 Å². The van der Waals surface area contributed by atoms with Crippen molar-refractivity contribution >= 4 is 11.7 Å². The van der Waals surface area contributed by atoms with E-state index in [9.17, 15) is 4.79 Å².